The van der Waals surface area contributed by atoms with Gasteiger partial charge in [-0.05, 0) is 24.3 Å². The Kier molecular flexibility index (Phi) is 4.03. The van der Waals surface area contributed by atoms with Crippen LogP contribution in [-0.2, 0) is 0 Å². The SMILES string of the molecule is Oc1cnc(-c2ccc(Br)cc2)c(-c2ccc(Br)cc2)n1. The molecule has 3 rings (SSSR count). The molecule has 1 aromatic heterocycles. The van der Waals surface area contributed by atoms with Gasteiger partial charge in [-0.2, -0.15) is 0 Å². The fraction of sp³-hybridized carbons (Fsp3) is 0. The molecule has 0 fully saturated rings. The second-order valence-electron chi connectivity index (χ2n) is 4.44. The zero-order chi connectivity index (χ0) is 14.8. The van der Waals surface area contributed by atoms with Crippen LogP contribution in [0.3, 0.4) is 0 Å². The van der Waals surface area contributed by atoms with E-state index in [4.69, 9.17) is 0 Å². The van der Waals surface area contributed by atoms with E-state index in [9.17, 15) is 5.11 Å². The van der Waals surface area contributed by atoms with E-state index in [1.54, 1.807) is 0 Å². The molecule has 0 spiro atoms. The Balaban J connectivity index is 2.17. The minimum Gasteiger partial charge on any atom is -0.492 e. The van der Waals surface area contributed by atoms with E-state index in [-0.39, 0.29) is 5.88 Å². The van der Waals surface area contributed by atoms with E-state index in [0.717, 1.165) is 25.8 Å². The monoisotopic (exact) mass is 404 g/mol. The highest BCUT2D eigenvalue weighted by Crippen LogP contribution is 2.31. The first-order chi connectivity index (χ1) is 10.1. The molecule has 104 valence electrons. The first-order valence-electron chi connectivity index (χ1n) is 6.21. The average molecular weight is 406 g/mol. The van der Waals surface area contributed by atoms with Gasteiger partial charge in [-0.1, -0.05) is 56.1 Å². The highest BCUT2D eigenvalue weighted by molar-refractivity contribution is 9.10. The fourth-order valence-electron chi connectivity index (χ4n) is 2.01. The highest BCUT2D eigenvalue weighted by atomic mass is 79.9. The van der Waals surface area contributed by atoms with Gasteiger partial charge in [0.2, 0.25) is 5.88 Å². The first kappa shape index (κ1) is 14.2. The highest BCUT2D eigenvalue weighted by Gasteiger charge is 2.12. The van der Waals surface area contributed by atoms with Gasteiger partial charge in [0.05, 0.1) is 11.9 Å². The van der Waals surface area contributed by atoms with Crippen molar-refractivity contribution in [2.75, 3.05) is 0 Å². The van der Waals surface area contributed by atoms with E-state index in [0.29, 0.717) is 5.69 Å². The lowest BCUT2D eigenvalue weighted by atomic mass is 10.0. The normalized spacial score (nSPS) is 10.6. The molecule has 0 bridgehead atoms. The van der Waals surface area contributed by atoms with Crippen LogP contribution in [0.5, 0.6) is 5.88 Å². The molecular formula is C16H10Br2N2O. The van der Waals surface area contributed by atoms with Crippen LogP contribution < -0.4 is 0 Å². The molecule has 1 N–H and O–H groups in total. The van der Waals surface area contributed by atoms with Gasteiger partial charge in [0, 0.05) is 20.1 Å². The third kappa shape index (κ3) is 3.14. The Morgan fingerprint density at radius 2 is 1.19 bits per heavy atom. The minimum atomic E-state index is -0.0891. The van der Waals surface area contributed by atoms with Crippen molar-refractivity contribution in [1.82, 2.24) is 9.97 Å². The number of benzene rings is 2. The van der Waals surface area contributed by atoms with Gasteiger partial charge in [-0.15, -0.1) is 0 Å². The van der Waals surface area contributed by atoms with Crippen LogP contribution in [0.1, 0.15) is 0 Å². The Labute approximate surface area is 139 Å². The van der Waals surface area contributed by atoms with Gasteiger partial charge in [0.15, 0.2) is 0 Å². The summed E-state index contributed by atoms with van der Waals surface area (Å²) >= 11 is 6.83. The summed E-state index contributed by atoms with van der Waals surface area (Å²) in [5.41, 5.74) is 3.25. The molecule has 21 heavy (non-hydrogen) atoms. The smallest absolute Gasteiger partial charge is 0.230 e. The van der Waals surface area contributed by atoms with E-state index in [1.807, 2.05) is 48.5 Å². The molecule has 0 saturated carbocycles. The summed E-state index contributed by atoms with van der Waals surface area (Å²) in [6.07, 6.45) is 1.36. The number of aromatic nitrogens is 2. The molecule has 0 saturated heterocycles. The summed E-state index contributed by atoms with van der Waals surface area (Å²) in [7, 11) is 0. The van der Waals surface area contributed by atoms with Crippen LogP contribution in [0.15, 0.2) is 63.7 Å². The van der Waals surface area contributed by atoms with Crippen LogP contribution in [0.2, 0.25) is 0 Å². The van der Waals surface area contributed by atoms with E-state index in [2.05, 4.69) is 41.8 Å². The lowest BCUT2D eigenvalue weighted by Crippen LogP contribution is -1.93. The van der Waals surface area contributed by atoms with Gasteiger partial charge >= 0.3 is 0 Å². The van der Waals surface area contributed by atoms with Crippen molar-refractivity contribution in [1.29, 1.82) is 0 Å². The fourth-order valence-corrected chi connectivity index (χ4v) is 2.54. The number of hydrogen-bond acceptors (Lipinski definition) is 3. The molecular weight excluding hydrogens is 396 g/mol. The second-order valence-corrected chi connectivity index (χ2v) is 6.27. The summed E-state index contributed by atoms with van der Waals surface area (Å²) in [5.74, 6) is -0.0891. The zero-order valence-corrected chi connectivity index (χ0v) is 14.0. The minimum absolute atomic E-state index is 0.0891. The van der Waals surface area contributed by atoms with Gasteiger partial charge in [-0.3, -0.25) is 0 Å². The topological polar surface area (TPSA) is 46.0 Å². The zero-order valence-electron chi connectivity index (χ0n) is 10.8. The van der Waals surface area contributed by atoms with Crippen molar-refractivity contribution in [2.24, 2.45) is 0 Å². The van der Waals surface area contributed by atoms with Crippen molar-refractivity contribution in [3.8, 4) is 28.4 Å². The molecule has 3 nitrogen and oxygen atoms in total. The van der Waals surface area contributed by atoms with Crippen LogP contribution in [0.25, 0.3) is 22.5 Å². The number of nitrogens with zero attached hydrogens (tertiary/aromatic N) is 2. The van der Waals surface area contributed by atoms with E-state index < -0.39 is 0 Å². The van der Waals surface area contributed by atoms with Crippen molar-refractivity contribution in [2.45, 2.75) is 0 Å². The van der Waals surface area contributed by atoms with Crippen LogP contribution in [-0.4, -0.2) is 15.1 Å². The van der Waals surface area contributed by atoms with Crippen molar-refractivity contribution < 1.29 is 5.11 Å². The van der Waals surface area contributed by atoms with E-state index >= 15 is 0 Å². The standard InChI is InChI=1S/C16H10Br2N2O/c17-12-5-1-10(2-6-12)15-16(20-14(21)9-19-15)11-3-7-13(18)8-4-11/h1-9H,(H,20,21). The lowest BCUT2D eigenvalue weighted by molar-refractivity contribution is 0.451. The van der Waals surface area contributed by atoms with Crippen LogP contribution in [0.4, 0.5) is 0 Å². The average Bonchev–Trinajstić information content (AvgIpc) is 2.49. The maximum atomic E-state index is 9.65. The summed E-state index contributed by atoms with van der Waals surface area (Å²) in [6.45, 7) is 0. The summed E-state index contributed by atoms with van der Waals surface area (Å²) in [4.78, 5) is 8.58. The van der Waals surface area contributed by atoms with E-state index in [1.165, 1.54) is 6.20 Å². The maximum Gasteiger partial charge on any atom is 0.230 e. The van der Waals surface area contributed by atoms with Crippen LogP contribution in [0, 0.1) is 0 Å². The predicted octanol–water partition coefficient (Wildman–Crippen LogP) is 5.04. The summed E-state index contributed by atoms with van der Waals surface area (Å²) in [5, 5.41) is 9.65. The molecule has 0 unspecified atom stereocenters. The Morgan fingerprint density at radius 1 is 0.714 bits per heavy atom. The predicted molar refractivity (Wildman–Crippen MR) is 90.0 cm³/mol. The molecule has 1 heterocycles. The number of halogens is 2. The van der Waals surface area contributed by atoms with Crippen molar-refractivity contribution in [3.63, 3.8) is 0 Å². The third-order valence-corrected chi connectivity index (χ3v) is 4.05. The number of aromatic hydroxyl groups is 1. The molecule has 0 aliphatic rings. The first-order valence-corrected chi connectivity index (χ1v) is 7.80. The Bertz CT molecular complexity index is 771. The quantitative estimate of drug-likeness (QED) is 0.649. The maximum absolute atomic E-state index is 9.65. The second kappa shape index (κ2) is 5.95. The molecule has 3 aromatic rings. The molecule has 0 aliphatic heterocycles. The molecule has 0 amide bonds. The summed E-state index contributed by atoms with van der Waals surface area (Å²) in [6, 6.07) is 15.6. The van der Waals surface area contributed by atoms with Crippen LogP contribution >= 0.6 is 31.9 Å². The van der Waals surface area contributed by atoms with Gasteiger partial charge in [0.25, 0.3) is 0 Å². The third-order valence-electron chi connectivity index (χ3n) is 3.00. The summed E-state index contributed by atoms with van der Waals surface area (Å²) < 4.78 is 1.99. The number of hydrogen-bond donors (Lipinski definition) is 1. The van der Waals surface area contributed by atoms with Crippen molar-refractivity contribution in [3.05, 3.63) is 63.7 Å². The molecule has 0 atom stereocenters. The molecule has 0 radical (unpaired) electrons. The largest absolute Gasteiger partial charge is 0.492 e. The van der Waals surface area contributed by atoms with Crippen molar-refractivity contribution >= 4 is 31.9 Å². The molecule has 5 heteroatoms. The molecule has 2 aromatic carbocycles. The Morgan fingerprint density at radius 3 is 1.71 bits per heavy atom. The molecule has 0 aliphatic carbocycles. The lowest BCUT2D eigenvalue weighted by Gasteiger charge is -2.09. The number of rotatable bonds is 2. The Hall–Kier alpha value is -1.72. The van der Waals surface area contributed by atoms with Gasteiger partial charge in [-0.25, -0.2) is 9.97 Å². The van der Waals surface area contributed by atoms with Gasteiger partial charge < -0.3 is 5.11 Å². The van der Waals surface area contributed by atoms with Gasteiger partial charge in [0.1, 0.15) is 5.69 Å².